The van der Waals surface area contributed by atoms with Crippen LogP contribution in [-0.4, -0.2) is 8.42 Å². The van der Waals surface area contributed by atoms with E-state index in [9.17, 15) is 8.42 Å². The molecule has 0 saturated carbocycles. The van der Waals surface area contributed by atoms with Crippen molar-refractivity contribution >= 4 is 27.5 Å². The van der Waals surface area contributed by atoms with Gasteiger partial charge in [-0.05, 0) is 54.7 Å². The summed E-state index contributed by atoms with van der Waals surface area (Å²) in [6, 6.07) is 31.3. The van der Waals surface area contributed by atoms with Crippen LogP contribution in [0.5, 0.6) is 0 Å². The van der Waals surface area contributed by atoms with Crippen LogP contribution < -0.4 is 9.14 Å². The summed E-state index contributed by atoms with van der Waals surface area (Å²) in [5.74, 6) is 0.229. The third kappa shape index (κ3) is 6.92. The number of hydrogen-bond acceptors (Lipinski definition) is 3. The van der Waals surface area contributed by atoms with E-state index in [0.717, 1.165) is 33.5 Å². The Morgan fingerprint density at radius 1 is 0.737 bits per heavy atom. The van der Waals surface area contributed by atoms with E-state index in [1.165, 1.54) is 0 Å². The first-order valence-corrected chi connectivity index (χ1v) is 14.2. The summed E-state index contributed by atoms with van der Waals surface area (Å²) in [4.78, 5) is 0.213. The van der Waals surface area contributed by atoms with E-state index in [1.807, 2.05) is 79.7 Å². The van der Waals surface area contributed by atoms with Gasteiger partial charge < -0.3 is 0 Å². The number of sulfonamides is 1. The summed E-state index contributed by atoms with van der Waals surface area (Å²) in [6.45, 7) is 8.26. The molecule has 4 nitrogen and oxygen atoms in total. The second-order valence-electron chi connectivity index (χ2n) is 9.71. The van der Waals surface area contributed by atoms with E-state index in [2.05, 4.69) is 31.6 Å². The van der Waals surface area contributed by atoms with Crippen molar-refractivity contribution < 1.29 is 27.9 Å². The van der Waals surface area contributed by atoms with Crippen LogP contribution in [0.3, 0.4) is 0 Å². The first-order chi connectivity index (χ1) is 17.7. The maximum absolute atomic E-state index is 13.7. The van der Waals surface area contributed by atoms with Gasteiger partial charge in [-0.15, -0.1) is 0 Å². The van der Waals surface area contributed by atoms with Crippen molar-refractivity contribution in [3.8, 4) is 0 Å². The summed E-state index contributed by atoms with van der Waals surface area (Å²) < 4.78 is 32.0. The maximum Gasteiger partial charge on any atom is 2.00 e. The van der Waals surface area contributed by atoms with E-state index in [4.69, 9.17) is 11.8 Å². The average Bonchev–Trinajstić information content (AvgIpc) is 2.89. The maximum atomic E-state index is 13.7. The van der Waals surface area contributed by atoms with Crippen molar-refractivity contribution in [3.05, 3.63) is 131 Å². The van der Waals surface area contributed by atoms with E-state index >= 15 is 0 Å². The number of anilines is 1. The van der Waals surface area contributed by atoms with E-state index in [-0.39, 0.29) is 30.3 Å². The Balaban J connectivity index is 0.00000400. The number of halogens is 1. The van der Waals surface area contributed by atoms with Crippen LogP contribution in [0.2, 0.25) is 0 Å². The Morgan fingerprint density at radius 3 is 1.82 bits per heavy atom. The van der Waals surface area contributed by atoms with Gasteiger partial charge in [0.2, 0.25) is 10.0 Å². The molecule has 7 heteroatoms. The van der Waals surface area contributed by atoms with Gasteiger partial charge in [0.15, 0.2) is 0 Å². The molecule has 0 fully saturated rings. The second-order valence-corrected chi connectivity index (χ2v) is 11.8. The normalized spacial score (nSPS) is 13.0. The Hall–Kier alpha value is -2.50. The third-order valence-electron chi connectivity index (χ3n) is 6.51. The first-order valence-electron chi connectivity index (χ1n) is 12.4. The number of aryl methyl sites for hydroxylation is 2. The fraction of sp³-hybridized carbons (Fsp3) is 0.226. The molecule has 0 saturated heterocycles. The van der Waals surface area contributed by atoms with Gasteiger partial charge in [0, 0.05) is 11.8 Å². The molecule has 4 rings (SSSR count). The average molecular weight is 634 g/mol. The molecule has 4 aromatic carbocycles. The van der Waals surface area contributed by atoms with Gasteiger partial charge in [-0.3, -0.25) is 4.42 Å². The zero-order valence-electron chi connectivity index (χ0n) is 22.0. The molecule has 0 spiro atoms. The minimum absolute atomic E-state index is 0. The molecule has 198 valence electrons. The van der Waals surface area contributed by atoms with E-state index < -0.39 is 22.1 Å². The molecule has 0 bridgehead atoms. The standard InChI is InChI=1S/C31H33ClN2O2S.Ru/c1-22(2)28-21-24(4)17-20-29(28)34(32)31(26-13-9-6-10-14-26)30(25-11-7-5-8-12-25)33-37(35,36)27-18-15-23(3)16-19-27;/h5-22,30-31,33H,1-4H3;/q;+2/t30-,31-;/m1./s1. The molecule has 0 aliphatic carbocycles. The number of rotatable bonds is 9. The predicted molar refractivity (Wildman–Crippen MR) is 153 cm³/mol. The molecule has 0 aromatic heterocycles. The molecule has 4 aromatic rings. The zero-order chi connectivity index (χ0) is 26.6. The van der Waals surface area contributed by atoms with Crippen molar-refractivity contribution in [3.63, 3.8) is 0 Å². The minimum atomic E-state index is -3.86. The molecular formula is C31H33ClN2O2RuS+2. The van der Waals surface area contributed by atoms with Crippen molar-refractivity contribution in [2.24, 2.45) is 0 Å². The van der Waals surface area contributed by atoms with Gasteiger partial charge in [0.25, 0.3) is 0 Å². The van der Waals surface area contributed by atoms with Crippen LogP contribution in [0.15, 0.2) is 108 Å². The fourth-order valence-electron chi connectivity index (χ4n) is 4.51. The van der Waals surface area contributed by atoms with Gasteiger partial charge in [-0.2, -0.15) is 0 Å². The van der Waals surface area contributed by atoms with Crippen LogP contribution in [-0.2, 0) is 29.5 Å². The number of nitrogens with one attached hydrogen (secondary N) is 1. The molecule has 38 heavy (non-hydrogen) atoms. The van der Waals surface area contributed by atoms with Crippen LogP contribution >= 0.6 is 11.8 Å². The Bertz CT molecular complexity index is 1430. The molecule has 0 unspecified atom stereocenters. The van der Waals surface area contributed by atoms with E-state index in [1.54, 1.807) is 28.7 Å². The largest absolute Gasteiger partial charge is 2.00 e. The molecular weight excluding hydrogens is 601 g/mol. The van der Waals surface area contributed by atoms with Crippen molar-refractivity contribution in [2.75, 3.05) is 4.42 Å². The summed E-state index contributed by atoms with van der Waals surface area (Å²) in [5.41, 5.74) is 5.81. The van der Waals surface area contributed by atoms with Crippen molar-refractivity contribution in [1.29, 1.82) is 0 Å². The summed E-state index contributed by atoms with van der Waals surface area (Å²) in [6.07, 6.45) is 0. The van der Waals surface area contributed by atoms with Gasteiger partial charge in [-0.1, -0.05) is 110 Å². The Labute approximate surface area is 245 Å². The number of hydrogen-bond donors (Lipinski definition) is 1. The quantitative estimate of drug-likeness (QED) is 0.151. The number of benzene rings is 4. The molecule has 0 amide bonds. The molecule has 0 aliphatic rings. The van der Waals surface area contributed by atoms with Crippen molar-refractivity contribution in [2.45, 2.75) is 50.6 Å². The molecule has 0 heterocycles. The predicted octanol–water partition coefficient (Wildman–Crippen LogP) is 7.85. The van der Waals surface area contributed by atoms with Crippen LogP contribution in [0.4, 0.5) is 5.69 Å². The second kappa shape index (κ2) is 13.0. The van der Waals surface area contributed by atoms with Crippen LogP contribution in [0.1, 0.15) is 59.7 Å². The molecule has 0 radical (unpaired) electrons. The van der Waals surface area contributed by atoms with Gasteiger partial charge in [0.1, 0.15) is 0 Å². The smallest absolute Gasteiger partial charge is 0.276 e. The monoisotopic (exact) mass is 634 g/mol. The minimum Gasteiger partial charge on any atom is -0.276 e. The third-order valence-corrected chi connectivity index (χ3v) is 8.36. The molecule has 0 aliphatic heterocycles. The van der Waals surface area contributed by atoms with Gasteiger partial charge >= 0.3 is 19.5 Å². The summed E-state index contributed by atoms with van der Waals surface area (Å²) in [5, 5.41) is 0. The van der Waals surface area contributed by atoms with Gasteiger partial charge in [-0.25, -0.2) is 13.1 Å². The van der Waals surface area contributed by atoms with Gasteiger partial charge in [0.05, 0.1) is 22.7 Å². The van der Waals surface area contributed by atoms with Crippen molar-refractivity contribution in [1.82, 2.24) is 4.72 Å². The fourth-order valence-corrected chi connectivity index (χ4v) is 6.12. The SMILES string of the molecule is Cc1ccc(S(=O)(=O)N[C@H](c2ccccc2)[C@@H](c2ccccc2)N(Cl)c2ccc(C)cc2C(C)C)cc1.[Ru+2]. The molecule has 1 N–H and O–H groups in total. The van der Waals surface area contributed by atoms with E-state index in [0.29, 0.717) is 0 Å². The Kier molecular flexibility index (Phi) is 10.3. The van der Waals surface area contributed by atoms with Crippen LogP contribution in [0.25, 0.3) is 0 Å². The van der Waals surface area contributed by atoms with Crippen LogP contribution in [0, 0.1) is 13.8 Å². The zero-order valence-corrected chi connectivity index (χ0v) is 25.3. The summed E-state index contributed by atoms with van der Waals surface area (Å²) >= 11 is 7.25. The number of nitrogens with zero attached hydrogens (tertiary/aromatic N) is 1. The topological polar surface area (TPSA) is 49.4 Å². The summed E-state index contributed by atoms with van der Waals surface area (Å²) in [7, 11) is -3.86. The Morgan fingerprint density at radius 2 is 1.26 bits per heavy atom. The first kappa shape index (κ1) is 30.1. The molecule has 2 atom stereocenters.